The molecule has 0 saturated heterocycles. The minimum absolute atomic E-state index is 0.0776. The van der Waals surface area contributed by atoms with E-state index in [1.807, 2.05) is 23.6 Å². The van der Waals surface area contributed by atoms with Crippen molar-refractivity contribution in [3.63, 3.8) is 0 Å². The second-order valence-electron chi connectivity index (χ2n) is 2.54. The van der Waals surface area contributed by atoms with Gasteiger partial charge in [-0.15, -0.1) is 22.7 Å². The molecule has 0 N–H and O–H groups in total. The van der Waals surface area contributed by atoms with Gasteiger partial charge >= 0.3 is 0 Å². The molecule has 0 fully saturated rings. The molecule has 0 aromatic carbocycles. The average molecular weight is 352 g/mol. The van der Waals surface area contributed by atoms with Gasteiger partial charge in [0.1, 0.15) is 0 Å². The summed E-state index contributed by atoms with van der Waals surface area (Å²) in [6, 6.07) is 5.56. The molecule has 0 unspecified atom stereocenters. The first-order valence-corrected chi connectivity index (χ1v) is 7.00. The highest BCUT2D eigenvalue weighted by molar-refractivity contribution is 9.12. The van der Waals surface area contributed by atoms with E-state index in [0.29, 0.717) is 0 Å². The van der Waals surface area contributed by atoms with Crippen molar-refractivity contribution in [1.82, 2.24) is 0 Å². The Hall–Kier alpha value is 0.0300. The van der Waals surface area contributed by atoms with Crippen LogP contribution in [0.5, 0.6) is 0 Å². The van der Waals surface area contributed by atoms with Crippen molar-refractivity contribution < 1.29 is 4.79 Å². The summed E-state index contributed by atoms with van der Waals surface area (Å²) in [5.74, 6) is 0.0776. The smallest absolute Gasteiger partial charge is 0.204 e. The van der Waals surface area contributed by atoms with Crippen LogP contribution in [-0.4, -0.2) is 5.78 Å². The van der Waals surface area contributed by atoms with Gasteiger partial charge in [0.25, 0.3) is 0 Å². The zero-order valence-corrected chi connectivity index (χ0v) is 11.6. The van der Waals surface area contributed by atoms with E-state index in [9.17, 15) is 4.79 Å². The Morgan fingerprint density at radius 2 is 2.14 bits per heavy atom. The van der Waals surface area contributed by atoms with Crippen molar-refractivity contribution in [2.24, 2.45) is 0 Å². The molecular weight excluding hydrogens is 348 g/mol. The molecule has 0 aliphatic rings. The van der Waals surface area contributed by atoms with Crippen LogP contribution in [0.1, 0.15) is 15.2 Å². The lowest BCUT2D eigenvalue weighted by atomic mass is 10.2. The summed E-state index contributed by atoms with van der Waals surface area (Å²) in [5, 5.41) is 1.91. The first kappa shape index (κ1) is 10.5. The van der Waals surface area contributed by atoms with Gasteiger partial charge in [-0.2, -0.15) is 0 Å². The SMILES string of the molecule is O=C(c1cccs1)c1cc(Br)sc1Br. The standard InChI is InChI=1S/C9H4Br2OS2/c10-7-4-5(9(11)14-7)8(12)6-2-1-3-13-6/h1-4H. The summed E-state index contributed by atoms with van der Waals surface area (Å²) in [6.45, 7) is 0. The minimum atomic E-state index is 0.0776. The Morgan fingerprint density at radius 3 is 2.64 bits per heavy atom. The minimum Gasteiger partial charge on any atom is -0.288 e. The van der Waals surface area contributed by atoms with Crippen LogP contribution in [0.2, 0.25) is 0 Å². The molecule has 0 radical (unpaired) electrons. The first-order valence-electron chi connectivity index (χ1n) is 3.71. The lowest BCUT2D eigenvalue weighted by Gasteiger charge is -1.93. The molecule has 0 aliphatic heterocycles. The fraction of sp³-hybridized carbons (Fsp3) is 0. The number of ketones is 1. The van der Waals surface area contributed by atoms with E-state index in [1.54, 1.807) is 0 Å². The molecule has 0 aliphatic carbocycles. The number of rotatable bonds is 2. The Labute approximate surface area is 106 Å². The molecule has 0 saturated carbocycles. The largest absolute Gasteiger partial charge is 0.288 e. The zero-order chi connectivity index (χ0) is 10.1. The van der Waals surface area contributed by atoms with Crippen LogP contribution in [0, 0.1) is 0 Å². The number of halogens is 2. The highest BCUT2D eigenvalue weighted by Crippen LogP contribution is 2.33. The fourth-order valence-corrected chi connectivity index (χ4v) is 4.51. The van der Waals surface area contributed by atoms with Crippen LogP contribution in [0.3, 0.4) is 0 Å². The Bertz CT molecular complexity index is 459. The monoisotopic (exact) mass is 350 g/mol. The molecule has 2 aromatic rings. The van der Waals surface area contributed by atoms with Crippen LogP contribution in [-0.2, 0) is 0 Å². The summed E-state index contributed by atoms with van der Waals surface area (Å²) < 4.78 is 1.84. The fourth-order valence-electron chi connectivity index (χ4n) is 1.04. The number of hydrogen-bond donors (Lipinski definition) is 0. The van der Waals surface area contributed by atoms with Crippen molar-refractivity contribution in [2.75, 3.05) is 0 Å². The Balaban J connectivity index is 2.41. The molecule has 2 rings (SSSR count). The summed E-state index contributed by atoms with van der Waals surface area (Å²) in [6.07, 6.45) is 0. The quantitative estimate of drug-likeness (QED) is 0.724. The van der Waals surface area contributed by atoms with Gasteiger partial charge in [-0.25, -0.2) is 0 Å². The van der Waals surface area contributed by atoms with Crippen LogP contribution in [0.4, 0.5) is 0 Å². The molecule has 2 heterocycles. The molecule has 0 amide bonds. The highest BCUT2D eigenvalue weighted by Gasteiger charge is 2.15. The number of hydrogen-bond acceptors (Lipinski definition) is 3. The van der Waals surface area contributed by atoms with E-state index >= 15 is 0 Å². The van der Waals surface area contributed by atoms with Gasteiger partial charge in [-0.3, -0.25) is 4.79 Å². The maximum absolute atomic E-state index is 11.9. The number of thiophene rings is 2. The molecule has 0 atom stereocenters. The van der Waals surface area contributed by atoms with E-state index in [1.165, 1.54) is 22.7 Å². The molecule has 2 aromatic heterocycles. The lowest BCUT2D eigenvalue weighted by molar-refractivity contribution is 0.104. The number of carbonyl (C=O) groups is 1. The number of carbonyl (C=O) groups excluding carboxylic acids is 1. The third-order valence-electron chi connectivity index (χ3n) is 1.65. The molecular formula is C9H4Br2OS2. The summed E-state index contributed by atoms with van der Waals surface area (Å²) in [4.78, 5) is 12.7. The van der Waals surface area contributed by atoms with Crippen molar-refractivity contribution in [3.8, 4) is 0 Å². The molecule has 14 heavy (non-hydrogen) atoms. The topological polar surface area (TPSA) is 17.1 Å². The van der Waals surface area contributed by atoms with E-state index in [-0.39, 0.29) is 5.78 Å². The van der Waals surface area contributed by atoms with E-state index in [4.69, 9.17) is 0 Å². The normalized spacial score (nSPS) is 10.4. The second kappa shape index (κ2) is 4.26. The third-order valence-corrected chi connectivity index (χ3v) is 4.85. The van der Waals surface area contributed by atoms with Gasteiger partial charge in [0.15, 0.2) is 0 Å². The summed E-state index contributed by atoms with van der Waals surface area (Å²) in [7, 11) is 0. The molecule has 72 valence electrons. The molecule has 1 nitrogen and oxygen atoms in total. The van der Waals surface area contributed by atoms with Gasteiger partial charge in [-0.05, 0) is 49.4 Å². The third kappa shape index (κ3) is 2.00. The van der Waals surface area contributed by atoms with E-state index in [2.05, 4.69) is 31.9 Å². The predicted octanol–water partition coefficient (Wildman–Crippen LogP) is 4.57. The van der Waals surface area contributed by atoms with Gasteiger partial charge in [0.2, 0.25) is 5.78 Å². The summed E-state index contributed by atoms with van der Waals surface area (Å²) in [5.41, 5.74) is 0.726. The van der Waals surface area contributed by atoms with Crippen LogP contribution in [0.15, 0.2) is 31.2 Å². The second-order valence-corrected chi connectivity index (χ2v) is 7.24. The van der Waals surface area contributed by atoms with Crippen molar-refractivity contribution >= 4 is 60.3 Å². The van der Waals surface area contributed by atoms with Gasteiger partial charge < -0.3 is 0 Å². The van der Waals surface area contributed by atoms with Crippen LogP contribution in [0.25, 0.3) is 0 Å². The van der Waals surface area contributed by atoms with Crippen LogP contribution < -0.4 is 0 Å². The average Bonchev–Trinajstić information content (AvgIpc) is 2.73. The maximum atomic E-state index is 11.9. The lowest BCUT2D eigenvalue weighted by Crippen LogP contribution is -1.96. The maximum Gasteiger partial charge on any atom is 0.204 e. The first-order chi connectivity index (χ1) is 6.68. The Kier molecular flexibility index (Phi) is 3.21. The van der Waals surface area contributed by atoms with Gasteiger partial charge in [0, 0.05) is 5.56 Å². The van der Waals surface area contributed by atoms with Crippen molar-refractivity contribution in [3.05, 3.63) is 41.6 Å². The molecule has 0 bridgehead atoms. The zero-order valence-electron chi connectivity index (χ0n) is 6.79. The summed E-state index contributed by atoms with van der Waals surface area (Å²) >= 11 is 9.70. The Morgan fingerprint density at radius 1 is 1.36 bits per heavy atom. The molecule has 0 spiro atoms. The van der Waals surface area contributed by atoms with Crippen LogP contribution >= 0.6 is 54.5 Å². The van der Waals surface area contributed by atoms with E-state index in [0.717, 1.165) is 18.0 Å². The highest BCUT2D eigenvalue weighted by atomic mass is 79.9. The van der Waals surface area contributed by atoms with Crippen molar-refractivity contribution in [1.29, 1.82) is 0 Å². The van der Waals surface area contributed by atoms with Gasteiger partial charge in [0.05, 0.1) is 12.4 Å². The predicted molar refractivity (Wildman–Crippen MR) is 67.5 cm³/mol. The van der Waals surface area contributed by atoms with Crippen molar-refractivity contribution in [2.45, 2.75) is 0 Å². The van der Waals surface area contributed by atoms with E-state index < -0.39 is 0 Å². The molecule has 5 heteroatoms. The van der Waals surface area contributed by atoms with Gasteiger partial charge in [-0.1, -0.05) is 6.07 Å².